The standard InChI is InChI=1S/C36H36/c1-7-23-9-13-27-29-15-11-25(21(3)4)19-33(29)35(31(27)17-23)36-32-18-24(8-2)10-14-28(32)30-16-12-26(22(5)6)20-34(30)36/h9-22H,7-8H2,1-6H3. The third-order valence-electron chi connectivity index (χ3n) is 8.31. The van der Waals surface area contributed by atoms with E-state index in [9.17, 15) is 0 Å². The molecule has 0 bridgehead atoms. The molecular weight excluding hydrogens is 432 g/mol. The van der Waals surface area contributed by atoms with Crippen LogP contribution < -0.4 is 0 Å². The Labute approximate surface area is 216 Å². The number of hydrogen-bond acceptors (Lipinski definition) is 0. The Balaban J connectivity index is 1.77. The first-order valence-electron chi connectivity index (χ1n) is 13.7. The molecule has 0 atom stereocenters. The summed E-state index contributed by atoms with van der Waals surface area (Å²) in [7, 11) is 0. The summed E-state index contributed by atoms with van der Waals surface area (Å²) >= 11 is 0. The lowest BCUT2D eigenvalue weighted by atomic mass is 9.88. The molecule has 4 aromatic rings. The summed E-state index contributed by atoms with van der Waals surface area (Å²) in [5.74, 6) is 0.998. The molecule has 0 aliphatic heterocycles. The summed E-state index contributed by atoms with van der Waals surface area (Å²) in [5.41, 5.74) is 19.6. The first-order chi connectivity index (χ1) is 17.4. The van der Waals surface area contributed by atoms with Gasteiger partial charge in [0.15, 0.2) is 0 Å². The molecule has 2 aliphatic carbocycles. The molecule has 2 aliphatic rings. The minimum absolute atomic E-state index is 0.499. The summed E-state index contributed by atoms with van der Waals surface area (Å²) in [6, 6.07) is 28.6. The second kappa shape index (κ2) is 8.63. The van der Waals surface area contributed by atoms with Crippen molar-refractivity contribution in [1.29, 1.82) is 0 Å². The highest BCUT2D eigenvalue weighted by Gasteiger charge is 2.33. The summed E-state index contributed by atoms with van der Waals surface area (Å²) in [6.45, 7) is 13.7. The van der Waals surface area contributed by atoms with Gasteiger partial charge in [0.2, 0.25) is 0 Å². The van der Waals surface area contributed by atoms with Gasteiger partial charge in [-0.3, -0.25) is 0 Å². The van der Waals surface area contributed by atoms with Gasteiger partial charge in [-0.1, -0.05) is 114 Å². The molecule has 0 saturated carbocycles. The van der Waals surface area contributed by atoms with Crippen molar-refractivity contribution >= 4 is 11.1 Å². The monoisotopic (exact) mass is 468 g/mol. The van der Waals surface area contributed by atoms with Crippen molar-refractivity contribution in [2.75, 3.05) is 0 Å². The molecule has 0 spiro atoms. The Morgan fingerprint density at radius 2 is 0.750 bits per heavy atom. The van der Waals surface area contributed by atoms with Crippen molar-refractivity contribution in [3.05, 3.63) is 117 Å². The quantitative estimate of drug-likeness (QED) is 0.241. The van der Waals surface area contributed by atoms with Gasteiger partial charge in [-0.25, -0.2) is 0 Å². The van der Waals surface area contributed by atoms with Crippen molar-refractivity contribution in [3.63, 3.8) is 0 Å². The average Bonchev–Trinajstić information content (AvgIpc) is 3.38. The minimum Gasteiger partial charge on any atom is -0.0613 e. The molecule has 0 heterocycles. The van der Waals surface area contributed by atoms with Crippen LogP contribution in [0, 0.1) is 0 Å². The number of hydrogen-bond donors (Lipinski definition) is 0. The van der Waals surface area contributed by atoms with Crippen molar-refractivity contribution in [2.45, 2.75) is 66.2 Å². The second-order valence-electron chi connectivity index (χ2n) is 11.1. The fourth-order valence-corrected chi connectivity index (χ4v) is 6.06. The van der Waals surface area contributed by atoms with Gasteiger partial charge in [0, 0.05) is 0 Å². The molecule has 0 fully saturated rings. The van der Waals surface area contributed by atoms with Crippen molar-refractivity contribution < 1.29 is 0 Å². The molecule has 0 heteroatoms. The van der Waals surface area contributed by atoms with Crippen LogP contribution in [0.1, 0.15) is 97.9 Å². The van der Waals surface area contributed by atoms with Gasteiger partial charge in [0.05, 0.1) is 0 Å². The number of aryl methyl sites for hydroxylation is 2. The highest BCUT2D eigenvalue weighted by Crippen LogP contribution is 2.55. The number of benzene rings is 4. The van der Waals surface area contributed by atoms with E-state index in [2.05, 4.69) is 114 Å². The molecule has 0 aromatic heterocycles. The Morgan fingerprint density at radius 1 is 0.417 bits per heavy atom. The predicted molar refractivity (Wildman–Crippen MR) is 156 cm³/mol. The molecule has 4 aromatic carbocycles. The molecule has 36 heavy (non-hydrogen) atoms. The molecule has 0 radical (unpaired) electrons. The van der Waals surface area contributed by atoms with Gasteiger partial charge in [0.25, 0.3) is 0 Å². The van der Waals surface area contributed by atoms with Crippen LogP contribution in [0.15, 0.2) is 72.8 Å². The maximum Gasteiger partial charge on any atom is -0.00137 e. The lowest BCUT2D eigenvalue weighted by Gasteiger charge is -2.15. The van der Waals surface area contributed by atoms with Crippen molar-refractivity contribution in [2.24, 2.45) is 0 Å². The van der Waals surface area contributed by atoms with Crippen LogP contribution in [0.25, 0.3) is 33.4 Å². The van der Waals surface area contributed by atoms with Crippen LogP contribution in [0.4, 0.5) is 0 Å². The van der Waals surface area contributed by atoms with Gasteiger partial charge in [-0.2, -0.15) is 0 Å². The van der Waals surface area contributed by atoms with Gasteiger partial charge < -0.3 is 0 Å². The van der Waals surface area contributed by atoms with E-state index in [-0.39, 0.29) is 0 Å². The van der Waals surface area contributed by atoms with E-state index in [0.29, 0.717) is 11.8 Å². The molecule has 0 amide bonds. The predicted octanol–water partition coefficient (Wildman–Crippen LogP) is 10.0. The Bertz CT molecular complexity index is 1420. The zero-order valence-electron chi connectivity index (χ0n) is 22.5. The van der Waals surface area contributed by atoms with E-state index >= 15 is 0 Å². The Kier molecular flexibility index (Phi) is 5.52. The number of rotatable bonds is 4. The average molecular weight is 469 g/mol. The molecule has 180 valence electrons. The smallest absolute Gasteiger partial charge is 0.00137 e. The molecule has 0 N–H and O–H groups in total. The first kappa shape index (κ1) is 23.0. The zero-order valence-corrected chi connectivity index (χ0v) is 22.5. The van der Waals surface area contributed by atoms with Gasteiger partial charge in [0.1, 0.15) is 0 Å². The van der Waals surface area contributed by atoms with Crippen LogP contribution in [0.2, 0.25) is 0 Å². The van der Waals surface area contributed by atoms with Gasteiger partial charge in [-0.05, 0) is 103 Å². The maximum atomic E-state index is 2.47. The molecule has 0 nitrogen and oxygen atoms in total. The lowest BCUT2D eigenvalue weighted by Crippen LogP contribution is -1.95. The first-order valence-corrected chi connectivity index (χ1v) is 13.7. The third kappa shape index (κ3) is 3.42. The van der Waals surface area contributed by atoms with E-state index < -0.39 is 0 Å². The van der Waals surface area contributed by atoms with E-state index in [1.807, 2.05) is 0 Å². The molecular formula is C36H36. The van der Waals surface area contributed by atoms with Crippen LogP contribution in [0.5, 0.6) is 0 Å². The third-order valence-corrected chi connectivity index (χ3v) is 8.31. The molecule has 0 saturated heterocycles. The van der Waals surface area contributed by atoms with E-state index in [4.69, 9.17) is 0 Å². The number of fused-ring (bicyclic) bond motifs is 6. The normalized spacial score (nSPS) is 15.3. The molecule has 6 rings (SSSR count). The van der Waals surface area contributed by atoms with Crippen molar-refractivity contribution in [1.82, 2.24) is 0 Å². The SMILES string of the molecule is CCc1ccc2c(c1)C(=C1c3cc(CC)ccc3-c3ccc(C(C)C)cc31)c1cc(C(C)C)ccc1-2. The fourth-order valence-electron chi connectivity index (χ4n) is 6.06. The van der Waals surface area contributed by atoms with Crippen LogP contribution >= 0.6 is 0 Å². The summed E-state index contributed by atoms with van der Waals surface area (Å²) in [6.07, 6.45) is 2.10. The molecule has 0 unspecified atom stereocenters. The van der Waals surface area contributed by atoms with E-state index in [1.54, 1.807) is 0 Å². The Morgan fingerprint density at radius 3 is 1.08 bits per heavy atom. The van der Waals surface area contributed by atoms with Crippen molar-refractivity contribution in [3.8, 4) is 22.3 Å². The van der Waals surface area contributed by atoms with Crippen LogP contribution in [0.3, 0.4) is 0 Å². The Hall–Kier alpha value is -3.38. The minimum atomic E-state index is 0.499. The van der Waals surface area contributed by atoms with Gasteiger partial charge >= 0.3 is 0 Å². The largest absolute Gasteiger partial charge is 0.0613 e. The highest BCUT2D eigenvalue weighted by molar-refractivity contribution is 6.19. The summed E-state index contributed by atoms with van der Waals surface area (Å²) < 4.78 is 0. The summed E-state index contributed by atoms with van der Waals surface area (Å²) in [4.78, 5) is 0. The maximum absolute atomic E-state index is 2.47. The van der Waals surface area contributed by atoms with E-state index in [0.717, 1.165) is 12.8 Å². The van der Waals surface area contributed by atoms with Crippen LogP contribution in [-0.2, 0) is 12.8 Å². The zero-order chi connectivity index (χ0) is 25.1. The topological polar surface area (TPSA) is 0 Å². The second-order valence-corrected chi connectivity index (χ2v) is 11.1. The van der Waals surface area contributed by atoms with E-state index in [1.165, 1.54) is 77.9 Å². The lowest BCUT2D eigenvalue weighted by molar-refractivity contribution is 0.866. The summed E-state index contributed by atoms with van der Waals surface area (Å²) in [5, 5.41) is 0. The fraction of sp³-hybridized carbons (Fsp3) is 0.278. The van der Waals surface area contributed by atoms with Crippen LogP contribution in [-0.4, -0.2) is 0 Å². The highest BCUT2D eigenvalue weighted by atomic mass is 14.4. The van der Waals surface area contributed by atoms with Gasteiger partial charge in [-0.15, -0.1) is 0 Å².